The summed E-state index contributed by atoms with van der Waals surface area (Å²) >= 11 is 7.64. The third-order valence-corrected chi connectivity index (χ3v) is 4.48. The van der Waals surface area contributed by atoms with Gasteiger partial charge in [0, 0.05) is 35.3 Å². The number of likely N-dealkylation sites (tertiary alicyclic amines) is 1. The number of rotatable bonds is 5. The van der Waals surface area contributed by atoms with Gasteiger partial charge >= 0.3 is 0 Å². The predicted octanol–water partition coefficient (Wildman–Crippen LogP) is 3.08. The highest BCUT2D eigenvalue weighted by molar-refractivity contribution is 14.0. The minimum absolute atomic E-state index is 0. The van der Waals surface area contributed by atoms with Gasteiger partial charge in [-0.1, -0.05) is 11.6 Å². The van der Waals surface area contributed by atoms with E-state index >= 15 is 0 Å². The third-order valence-electron chi connectivity index (χ3n) is 3.23. The van der Waals surface area contributed by atoms with Crippen molar-refractivity contribution in [3.8, 4) is 0 Å². The molecule has 2 rings (SSSR count). The van der Waals surface area contributed by atoms with Crippen molar-refractivity contribution in [3.05, 3.63) is 29.3 Å². The second-order valence-corrected chi connectivity index (χ2v) is 6.53. The summed E-state index contributed by atoms with van der Waals surface area (Å²) in [7, 11) is 0. The Balaban J connectivity index is 0.00000242. The van der Waals surface area contributed by atoms with Crippen molar-refractivity contribution in [3.63, 3.8) is 0 Å². The summed E-state index contributed by atoms with van der Waals surface area (Å²) in [6.45, 7) is 5.20. The Hall–Kier alpha value is -0.180. The van der Waals surface area contributed by atoms with Crippen LogP contribution in [0.3, 0.4) is 0 Å². The van der Waals surface area contributed by atoms with Gasteiger partial charge in [0.15, 0.2) is 5.96 Å². The molecule has 1 fully saturated rings. The van der Waals surface area contributed by atoms with Gasteiger partial charge in [-0.3, -0.25) is 4.99 Å². The fourth-order valence-corrected chi connectivity index (χ4v) is 3.08. The van der Waals surface area contributed by atoms with Crippen LogP contribution in [0.1, 0.15) is 13.3 Å². The average Bonchev–Trinajstić information content (AvgIpc) is 2.91. The topological polar surface area (TPSA) is 47.9 Å². The number of aliphatic hydroxyl groups excluding tert-OH is 1. The Bertz CT molecular complexity index is 472. The summed E-state index contributed by atoms with van der Waals surface area (Å²) in [5.74, 6) is 1.83. The quantitative estimate of drug-likeness (QED) is 0.235. The van der Waals surface area contributed by atoms with E-state index in [2.05, 4.69) is 22.1 Å². The first-order valence-corrected chi connectivity index (χ1v) is 8.65. The standard InChI is InChI=1S/C15H22ClN3OS.HI/c1-2-17-15(19-9-7-13(20)11-19)18-8-10-21-14-5-3-12(16)4-6-14;/h3-6,13,20H,2,7-11H2,1H3,(H,17,18);1H/t13-;/m1./s1. The zero-order valence-electron chi connectivity index (χ0n) is 12.7. The molecule has 1 aliphatic heterocycles. The average molecular weight is 456 g/mol. The number of guanidine groups is 1. The van der Waals surface area contributed by atoms with E-state index in [4.69, 9.17) is 11.6 Å². The lowest BCUT2D eigenvalue weighted by Crippen LogP contribution is -2.40. The molecular weight excluding hydrogens is 433 g/mol. The molecule has 1 saturated heterocycles. The van der Waals surface area contributed by atoms with Crippen molar-refractivity contribution in [2.45, 2.75) is 24.3 Å². The Morgan fingerprint density at radius 2 is 2.18 bits per heavy atom. The van der Waals surface area contributed by atoms with E-state index in [0.717, 1.165) is 42.8 Å². The molecule has 2 N–H and O–H groups in total. The normalized spacial score (nSPS) is 18.2. The molecule has 0 radical (unpaired) electrons. The van der Waals surface area contributed by atoms with E-state index in [-0.39, 0.29) is 30.1 Å². The van der Waals surface area contributed by atoms with Gasteiger partial charge in [-0.05, 0) is 37.6 Å². The van der Waals surface area contributed by atoms with E-state index in [1.54, 1.807) is 11.8 Å². The second-order valence-electron chi connectivity index (χ2n) is 4.93. The maximum absolute atomic E-state index is 9.62. The number of benzene rings is 1. The SMILES string of the molecule is CCNC(=NCCSc1ccc(Cl)cc1)N1CC[C@@H](O)C1.I. The molecule has 1 aliphatic rings. The molecule has 1 heterocycles. The molecule has 0 unspecified atom stereocenters. The van der Waals surface area contributed by atoms with Crippen LogP contribution in [0.4, 0.5) is 0 Å². The summed E-state index contributed by atoms with van der Waals surface area (Å²) < 4.78 is 0. The van der Waals surface area contributed by atoms with Gasteiger partial charge in [0.05, 0.1) is 12.6 Å². The van der Waals surface area contributed by atoms with Gasteiger partial charge in [-0.15, -0.1) is 35.7 Å². The molecule has 4 nitrogen and oxygen atoms in total. The van der Waals surface area contributed by atoms with Crippen LogP contribution >= 0.6 is 47.3 Å². The smallest absolute Gasteiger partial charge is 0.194 e. The largest absolute Gasteiger partial charge is 0.391 e. The van der Waals surface area contributed by atoms with Crippen LogP contribution in [-0.4, -0.2) is 54.0 Å². The van der Waals surface area contributed by atoms with Crippen molar-refractivity contribution in [1.29, 1.82) is 0 Å². The molecule has 7 heteroatoms. The van der Waals surface area contributed by atoms with Crippen LogP contribution in [-0.2, 0) is 0 Å². The van der Waals surface area contributed by atoms with Crippen LogP contribution in [0.25, 0.3) is 0 Å². The molecule has 124 valence electrons. The van der Waals surface area contributed by atoms with Crippen LogP contribution in [0.2, 0.25) is 5.02 Å². The summed E-state index contributed by atoms with van der Waals surface area (Å²) in [6, 6.07) is 7.86. The minimum Gasteiger partial charge on any atom is -0.391 e. The van der Waals surface area contributed by atoms with Crippen molar-refractivity contribution in [2.75, 3.05) is 31.9 Å². The van der Waals surface area contributed by atoms with Gasteiger partial charge in [0.1, 0.15) is 0 Å². The summed E-state index contributed by atoms with van der Waals surface area (Å²) in [5, 5.41) is 13.7. The molecule has 1 aromatic carbocycles. The minimum atomic E-state index is -0.225. The molecule has 0 aliphatic carbocycles. The number of nitrogens with zero attached hydrogens (tertiary/aromatic N) is 2. The highest BCUT2D eigenvalue weighted by Gasteiger charge is 2.22. The van der Waals surface area contributed by atoms with Crippen LogP contribution in [0.5, 0.6) is 0 Å². The van der Waals surface area contributed by atoms with Crippen LogP contribution in [0.15, 0.2) is 34.2 Å². The molecular formula is C15H23ClIN3OS. The highest BCUT2D eigenvalue weighted by Crippen LogP contribution is 2.20. The number of aliphatic hydroxyl groups is 1. The third kappa shape index (κ3) is 6.52. The van der Waals surface area contributed by atoms with Gasteiger partial charge in [-0.2, -0.15) is 0 Å². The van der Waals surface area contributed by atoms with Gasteiger partial charge in [-0.25, -0.2) is 0 Å². The number of thioether (sulfide) groups is 1. The van der Waals surface area contributed by atoms with Crippen molar-refractivity contribution < 1.29 is 5.11 Å². The lowest BCUT2D eigenvalue weighted by molar-refractivity contribution is 0.188. The number of β-amino-alcohol motifs (C(OH)–C–C–N with tert-alkyl or cyclic N) is 1. The Morgan fingerprint density at radius 1 is 1.45 bits per heavy atom. The van der Waals surface area contributed by atoms with E-state index in [9.17, 15) is 5.11 Å². The predicted molar refractivity (Wildman–Crippen MR) is 106 cm³/mol. The first kappa shape index (κ1) is 19.9. The number of hydrogen-bond donors (Lipinski definition) is 2. The maximum Gasteiger partial charge on any atom is 0.194 e. The molecule has 0 aromatic heterocycles. The molecule has 22 heavy (non-hydrogen) atoms. The van der Waals surface area contributed by atoms with Crippen LogP contribution < -0.4 is 5.32 Å². The number of halogens is 2. The zero-order valence-corrected chi connectivity index (χ0v) is 16.6. The molecule has 1 atom stereocenters. The lowest BCUT2D eigenvalue weighted by Gasteiger charge is -2.20. The molecule has 0 amide bonds. The van der Waals surface area contributed by atoms with Gasteiger partial charge in [0.25, 0.3) is 0 Å². The first-order chi connectivity index (χ1) is 10.2. The highest BCUT2D eigenvalue weighted by atomic mass is 127. The van der Waals surface area contributed by atoms with E-state index in [1.165, 1.54) is 4.90 Å². The molecule has 0 bridgehead atoms. The maximum atomic E-state index is 9.62. The summed E-state index contributed by atoms with van der Waals surface area (Å²) in [4.78, 5) is 7.97. The first-order valence-electron chi connectivity index (χ1n) is 7.28. The molecule has 0 spiro atoms. The van der Waals surface area contributed by atoms with Crippen molar-refractivity contribution >= 4 is 53.3 Å². The fourth-order valence-electron chi connectivity index (χ4n) is 2.21. The molecule has 1 aromatic rings. The second kappa shape index (κ2) is 10.6. The van der Waals surface area contributed by atoms with Crippen LogP contribution in [0, 0.1) is 0 Å². The Labute approximate surface area is 158 Å². The number of nitrogens with one attached hydrogen (secondary N) is 1. The van der Waals surface area contributed by atoms with Crippen molar-refractivity contribution in [2.24, 2.45) is 4.99 Å². The molecule has 0 saturated carbocycles. The Morgan fingerprint density at radius 3 is 2.77 bits per heavy atom. The van der Waals surface area contributed by atoms with E-state index in [0.29, 0.717) is 6.54 Å². The van der Waals surface area contributed by atoms with E-state index in [1.807, 2.05) is 24.3 Å². The monoisotopic (exact) mass is 455 g/mol. The van der Waals surface area contributed by atoms with E-state index < -0.39 is 0 Å². The summed E-state index contributed by atoms with van der Waals surface area (Å²) in [5.41, 5.74) is 0. The van der Waals surface area contributed by atoms with Gasteiger partial charge < -0.3 is 15.3 Å². The number of aliphatic imine (C=N–C) groups is 1. The zero-order chi connectivity index (χ0) is 15.1. The Kier molecular flexibility index (Phi) is 9.54. The number of hydrogen-bond acceptors (Lipinski definition) is 3. The van der Waals surface area contributed by atoms with Gasteiger partial charge in [0.2, 0.25) is 0 Å². The van der Waals surface area contributed by atoms with Crippen molar-refractivity contribution in [1.82, 2.24) is 10.2 Å². The fraction of sp³-hybridized carbons (Fsp3) is 0.533. The summed E-state index contributed by atoms with van der Waals surface area (Å²) in [6.07, 6.45) is 0.599. The lowest BCUT2D eigenvalue weighted by atomic mass is 10.3.